The van der Waals surface area contributed by atoms with Gasteiger partial charge in [-0.05, 0) is 22.3 Å². The normalized spacial score (nSPS) is 16.2. The second kappa shape index (κ2) is 7.98. The predicted octanol–water partition coefficient (Wildman–Crippen LogP) is 4.78. The van der Waals surface area contributed by atoms with Gasteiger partial charge < -0.3 is 10.2 Å². The Hall–Kier alpha value is -1.92. The number of carboxylic acid groups (broad SMARTS) is 2. The molecule has 0 aliphatic heterocycles. The van der Waals surface area contributed by atoms with Crippen molar-refractivity contribution in [3.63, 3.8) is 0 Å². The lowest BCUT2D eigenvalue weighted by Crippen LogP contribution is -2.24. The van der Waals surface area contributed by atoms with E-state index >= 15 is 0 Å². The van der Waals surface area contributed by atoms with Gasteiger partial charge in [-0.1, -0.05) is 62.4 Å². The molecule has 0 heterocycles. The fraction of sp³-hybridized carbons (Fsp3) is 0.333. The van der Waals surface area contributed by atoms with Crippen molar-refractivity contribution in [1.29, 1.82) is 0 Å². The van der Waals surface area contributed by atoms with E-state index in [0.29, 0.717) is 11.5 Å². The molecule has 3 rings (SSSR count). The molecule has 0 saturated heterocycles. The molecular formula is C21H22O4S2. The van der Waals surface area contributed by atoms with Crippen LogP contribution in [0.25, 0.3) is 11.1 Å². The highest BCUT2D eigenvalue weighted by Crippen LogP contribution is 2.61. The van der Waals surface area contributed by atoms with Gasteiger partial charge in [0.15, 0.2) is 0 Å². The summed E-state index contributed by atoms with van der Waals surface area (Å²) >= 11 is 3.19. The number of hydrogen-bond donors (Lipinski definition) is 2. The highest BCUT2D eigenvalue weighted by atomic mass is 32.2. The number of benzene rings is 2. The van der Waals surface area contributed by atoms with Crippen LogP contribution >= 0.6 is 23.5 Å². The summed E-state index contributed by atoms with van der Waals surface area (Å²) in [4.78, 5) is 22.7. The second-order valence-corrected chi connectivity index (χ2v) is 9.54. The van der Waals surface area contributed by atoms with E-state index in [1.165, 1.54) is 0 Å². The zero-order valence-electron chi connectivity index (χ0n) is 15.2. The van der Waals surface area contributed by atoms with E-state index in [1.807, 2.05) is 24.3 Å². The molecule has 2 aromatic rings. The number of carboxylic acids is 2. The topological polar surface area (TPSA) is 74.6 Å². The quantitative estimate of drug-likeness (QED) is 0.619. The first-order chi connectivity index (χ1) is 12.9. The molecular weight excluding hydrogens is 380 g/mol. The number of fused-ring (bicyclic) bond motifs is 3. The summed E-state index contributed by atoms with van der Waals surface area (Å²) in [7, 11) is 0. The fourth-order valence-electron chi connectivity index (χ4n) is 3.14. The van der Waals surface area contributed by atoms with Gasteiger partial charge in [0, 0.05) is 11.5 Å². The highest BCUT2D eigenvalue weighted by molar-refractivity contribution is 8.17. The Kier molecular flexibility index (Phi) is 5.86. The number of carbonyl (C=O) groups is 2. The standard InChI is InChI=1S/C21H22O4S2/c1-13(19(22)23)11-26-21(27-12-14(2)20(24)25)17-9-5-3-7-15(17)16-8-4-6-10-18(16)21/h3-10,13-14H,11-12H2,1-2H3,(H,22,23)(H,24,25). The van der Waals surface area contributed by atoms with Crippen molar-refractivity contribution < 1.29 is 19.8 Å². The first-order valence-electron chi connectivity index (χ1n) is 8.79. The summed E-state index contributed by atoms with van der Waals surface area (Å²) in [6, 6.07) is 16.3. The lowest BCUT2D eigenvalue weighted by Gasteiger charge is -2.32. The van der Waals surface area contributed by atoms with Gasteiger partial charge in [0.1, 0.15) is 4.08 Å². The first-order valence-corrected chi connectivity index (χ1v) is 10.8. The second-order valence-electron chi connectivity index (χ2n) is 6.81. The van der Waals surface area contributed by atoms with Crippen LogP contribution in [-0.2, 0) is 13.7 Å². The van der Waals surface area contributed by atoms with Gasteiger partial charge in [-0.15, -0.1) is 23.5 Å². The van der Waals surface area contributed by atoms with Gasteiger partial charge in [0.2, 0.25) is 0 Å². The molecule has 142 valence electrons. The van der Waals surface area contributed by atoms with Crippen LogP contribution in [0.1, 0.15) is 25.0 Å². The van der Waals surface area contributed by atoms with Crippen LogP contribution in [0.2, 0.25) is 0 Å². The predicted molar refractivity (Wildman–Crippen MR) is 111 cm³/mol. The van der Waals surface area contributed by atoms with Crippen molar-refractivity contribution in [3.8, 4) is 11.1 Å². The van der Waals surface area contributed by atoms with Crippen LogP contribution in [-0.4, -0.2) is 33.7 Å². The third kappa shape index (κ3) is 3.73. The lowest BCUT2D eigenvalue weighted by atomic mass is 10.1. The molecule has 2 N–H and O–H groups in total. The minimum absolute atomic E-state index is 0.451. The molecule has 6 heteroatoms. The first kappa shape index (κ1) is 19.8. The van der Waals surface area contributed by atoms with E-state index in [-0.39, 0.29) is 0 Å². The Morgan fingerprint density at radius 1 is 0.815 bits per heavy atom. The average molecular weight is 403 g/mol. The van der Waals surface area contributed by atoms with E-state index in [9.17, 15) is 19.8 Å². The maximum absolute atomic E-state index is 11.4. The molecule has 2 unspecified atom stereocenters. The van der Waals surface area contributed by atoms with E-state index in [0.717, 1.165) is 22.3 Å². The summed E-state index contributed by atoms with van der Waals surface area (Å²) in [5, 5.41) is 18.6. The van der Waals surface area contributed by atoms with Crippen molar-refractivity contribution in [2.24, 2.45) is 11.8 Å². The van der Waals surface area contributed by atoms with Gasteiger partial charge in [-0.2, -0.15) is 0 Å². The van der Waals surface area contributed by atoms with E-state index in [1.54, 1.807) is 37.4 Å². The molecule has 0 saturated carbocycles. The molecule has 2 atom stereocenters. The van der Waals surface area contributed by atoms with Crippen LogP contribution in [0.4, 0.5) is 0 Å². The molecule has 0 aromatic heterocycles. The van der Waals surface area contributed by atoms with Crippen molar-refractivity contribution in [2.45, 2.75) is 17.9 Å². The SMILES string of the molecule is CC(CSC1(SCC(C)C(=O)O)c2ccccc2-c2ccccc21)C(=O)O. The molecule has 2 aromatic carbocycles. The van der Waals surface area contributed by atoms with Gasteiger partial charge in [0.05, 0.1) is 11.8 Å². The Morgan fingerprint density at radius 2 is 1.19 bits per heavy atom. The van der Waals surface area contributed by atoms with Gasteiger partial charge in [0.25, 0.3) is 0 Å². The highest BCUT2D eigenvalue weighted by Gasteiger charge is 2.44. The molecule has 0 amide bonds. The van der Waals surface area contributed by atoms with Crippen LogP contribution in [0, 0.1) is 11.8 Å². The Balaban J connectivity index is 2.06. The minimum atomic E-state index is -0.818. The van der Waals surface area contributed by atoms with Crippen molar-refractivity contribution >= 4 is 35.5 Å². The molecule has 0 radical (unpaired) electrons. The minimum Gasteiger partial charge on any atom is -0.481 e. The smallest absolute Gasteiger partial charge is 0.307 e. The van der Waals surface area contributed by atoms with Gasteiger partial charge in [-0.3, -0.25) is 9.59 Å². The maximum Gasteiger partial charge on any atom is 0.307 e. The Morgan fingerprint density at radius 3 is 1.56 bits per heavy atom. The van der Waals surface area contributed by atoms with Crippen LogP contribution in [0.3, 0.4) is 0 Å². The number of rotatable bonds is 8. The molecule has 1 aliphatic rings. The maximum atomic E-state index is 11.4. The average Bonchev–Trinajstić information content (AvgIpc) is 2.95. The van der Waals surface area contributed by atoms with E-state index < -0.39 is 27.9 Å². The molecule has 1 aliphatic carbocycles. The van der Waals surface area contributed by atoms with Crippen LogP contribution in [0.15, 0.2) is 48.5 Å². The van der Waals surface area contributed by atoms with Gasteiger partial charge in [-0.25, -0.2) is 0 Å². The van der Waals surface area contributed by atoms with Gasteiger partial charge >= 0.3 is 11.9 Å². The zero-order chi connectivity index (χ0) is 19.6. The van der Waals surface area contributed by atoms with Crippen molar-refractivity contribution in [3.05, 3.63) is 59.7 Å². The largest absolute Gasteiger partial charge is 0.481 e. The molecule has 0 fully saturated rings. The third-order valence-corrected chi connectivity index (χ3v) is 8.50. The number of thioether (sulfide) groups is 2. The molecule has 0 spiro atoms. The fourth-order valence-corrected chi connectivity index (χ4v) is 6.47. The number of aliphatic carboxylic acids is 2. The summed E-state index contributed by atoms with van der Waals surface area (Å²) in [6.07, 6.45) is 0. The summed E-state index contributed by atoms with van der Waals surface area (Å²) in [6.45, 7) is 3.42. The van der Waals surface area contributed by atoms with Crippen molar-refractivity contribution in [1.82, 2.24) is 0 Å². The molecule has 4 nitrogen and oxygen atoms in total. The van der Waals surface area contributed by atoms with E-state index in [4.69, 9.17) is 0 Å². The third-order valence-electron chi connectivity index (χ3n) is 4.77. The summed E-state index contributed by atoms with van der Waals surface area (Å²) in [5.74, 6) is -1.70. The monoisotopic (exact) mass is 402 g/mol. The Labute approximate surface area is 167 Å². The lowest BCUT2D eigenvalue weighted by molar-refractivity contribution is -0.141. The van der Waals surface area contributed by atoms with Crippen LogP contribution < -0.4 is 0 Å². The summed E-state index contributed by atoms with van der Waals surface area (Å²) < 4.78 is -0.499. The van der Waals surface area contributed by atoms with E-state index in [2.05, 4.69) is 24.3 Å². The summed E-state index contributed by atoms with van der Waals surface area (Å²) in [5.41, 5.74) is 4.52. The molecule has 0 bridgehead atoms. The Bertz CT molecular complexity index is 793. The zero-order valence-corrected chi connectivity index (χ0v) is 16.8. The van der Waals surface area contributed by atoms with Crippen molar-refractivity contribution in [2.75, 3.05) is 11.5 Å². The van der Waals surface area contributed by atoms with Crippen LogP contribution in [0.5, 0.6) is 0 Å². The number of hydrogen-bond acceptors (Lipinski definition) is 4. The molecule has 27 heavy (non-hydrogen) atoms.